The molecule has 11 aromatic rings. The molecule has 0 aliphatic rings. The van der Waals surface area contributed by atoms with Gasteiger partial charge in [-0.2, -0.15) is 0 Å². The number of aromatic nitrogens is 2. The fourth-order valence-corrected chi connectivity index (χ4v) is 7.57. The fourth-order valence-electron chi connectivity index (χ4n) is 7.57. The highest BCUT2D eigenvalue weighted by molar-refractivity contribution is 5.87. The molecule has 0 aliphatic carbocycles. The summed E-state index contributed by atoms with van der Waals surface area (Å²) >= 11 is 0. The third-order valence-corrected chi connectivity index (χ3v) is 10.6. The fraction of sp³-hybridized carbons (Fsp3) is 0. The van der Waals surface area contributed by atoms with Crippen LogP contribution in [0.2, 0.25) is 0 Å². The largest absolute Gasteiger partial charge is 0.456 e. The molecular weight excluding hydrogens is 715 g/mol. The quantitative estimate of drug-likeness (QED) is 0.154. The lowest BCUT2D eigenvalue weighted by Crippen LogP contribution is -2.09. The summed E-state index contributed by atoms with van der Waals surface area (Å²) in [7, 11) is 0. The van der Waals surface area contributed by atoms with Gasteiger partial charge < -0.3 is 18.2 Å². The molecule has 6 nitrogen and oxygen atoms in total. The molecule has 0 fully saturated rings. The van der Waals surface area contributed by atoms with E-state index in [-0.39, 0.29) is 0 Å². The zero-order valence-corrected chi connectivity index (χ0v) is 31.1. The van der Waals surface area contributed by atoms with Gasteiger partial charge in [-0.05, 0) is 131 Å². The Hall–Kier alpha value is -7.96. The number of oxazole rings is 2. The van der Waals surface area contributed by atoms with Crippen molar-refractivity contribution >= 4 is 50.2 Å². The molecule has 3 heterocycles. The van der Waals surface area contributed by atoms with Crippen molar-refractivity contribution in [2.75, 3.05) is 4.90 Å². The molecule has 6 heteroatoms. The Bertz CT molecular complexity index is 3010. The molecule has 0 saturated heterocycles. The number of fused-ring (bicyclic) bond motifs is 3. The van der Waals surface area contributed by atoms with Crippen LogP contribution in [0.15, 0.2) is 213 Å². The first kappa shape index (κ1) is 33.4. The zero-order valence-electron chi connectivity index (χ0n) is 31.1. The van der Waals surface area contributed by atoms with Crippen molar-refractivity contribution in [1.82, 2.24) is 9.97 Å². The normalized spacial score (nSPS) is 11.4. The maximum Gasteiger partial charge on any atom is 0.227 e. The van der Waals surface area contributed by atoms with Crippen molar-refractivity contribution in [1.29, 1.82) is 0 Å². The minimum absolute atomic E-state index is 0.617. The van der Waals surface area contributed by atoms with Gasteiger partial charge in [0.15, 0.2) is 11.2 Å². The molecule has 274 valence electrons. The van der Waals surface area contributed by atoms with Crippen LogP contribution < -0.4 is 4.90 Å². The lowest BCUT2D eigenvalue weighted by molar-refractivity contribution is 0.619. The van der Waals surface area contributed by atoms with Crippen LogP contribution in [0, 0.1) is 0 Å². The molecule has 0 aliphatic heterocycles. The minimum atomic E-state index is 0.617. The van der Waals surface area contributed by atoms with Crippen LogP contribution in [0.1, 0.15) is 0 Å². The van der Waals surface area contributed by atoms with E-state index < -0.39 is 0 Å². The number of rotatable bonds is 8. The summed E-state index contributed by atoms with van der Waals surface area (Å²) in [5.41, 5.74) is 14.3. The van der Waals surface area contributed by atoms with Gasteiger partial charge in [-0.15, -0.1) is 0 Å². The third-order valence-electron chi connectivity index (χ3n) is 10.6. The summed E-state index contributed by atoms with van der Waals surface area (Å²) in [4.78, 5) is 11.7. The molecule has 3 aromatic heterocycles. The van der Waals surface area contributed by atoms with E-state index in [4.69, 9.17) is 23.2 Å². The molecule has 0 spiro atoms. The van der Waals surface area contributed by atoms with Gasteiger partial charge in [-0.25, -0.2) is 9.97 Å². The minimum Gasteiger partial charge on any atom is -0.456 e. The molecule has 8 aromatic carbocycles. The van der Waals surface area contributed by atoms with E-state index in [1.165, 1.54) is 0 Å². The Morgan fingerprint density at radius 3 is 1.22 bits per heavy atom. The molecule has 0 saturated carbocycles. The Kier molecular flexibility index (Phi) is 8.04. The molecule has 58 heavy (non-hydrogen) atoms. The van der Waals surface area contributed by atoms with Crippen LogP contribution in [0.5, 0.6) is 0 Å². The van der Waals surface area contributed by atoms with Gasteiger partial charge in [0.25, 0.3) is 0 Å². The highest BCUT2D eigenvalue weighted by Crippen LogP contribution is 2.39. The van der Waals surface area contributed by atoms with Crippen molar-refractivity contribution in [2.45, 2.75) is 0 Å². The molecule has 0 N–H and O–H groups in total. The topological polar surface area (TPSA) is 68.4 Å². The number of furan rings is 1. The molecular formula is C52H33N3O3. The van der Waals surface area contributed by atoms with Gasteiger partial charge in [0.2, 0.25) is 11.8 Å². The molecule has 0 unspecified atom stereocenters. The molecule has 0 bridgehead atoms. The van der Waals surface area contributed by atoms with Crippen LogP contribution in [-0.2, 0) is 0 Å². The van der Waals surface area contributed by atoms with E-state index in [1.807, 2.05) is 91.0 Å². The Morgan fingerprint density at radius 1 is 0.310 bits per heavy atom. The Labute approximate surface area is 333 Å². The van der Waals surface area contributed by atoms with Crippen LogP contribution in [0.25, 0.3) is 89.7 Å². The molecule has 0 amide bonds. The summed E-state index contributed by atoms with van der Waals surface area (Å²) in [6, 6.07) is 68.4. The van der Waals surface area contributed by atoms with Gasteiger partial charge in [0.1, 0.15) is 22.4 Å². The van der Waals surface area contributed by atoms with Crippen molar-refractivity contribution in [2.24, 2.45) is 0 Å². The summed E-state index contributed by atoms with van der Waals surface area (Å²) < 4.78 is 18.6. The predicted molar refractivity (Wildman–Crippen MR) is 233 cm³/mol. The number of hydrogen-bond donors (Lipinski definition) is 0. The summed E-state index contributed by atoms with van der Waals surface area (Å²) in [5, 5.41) is 1.08. The van der Waals surface area contributed by atoms with E-state index in [0.29, 0.717) is 11.8 Å². The highest BCUT2D eigenvalue weighted by Gasteiger charge is 2.16. The van der Waals surface area contributed by atoms with Crippen molar-refractivity contribution in [3.8, 4) is 56.5 Å². The first-order valence-electron chi connectivity index (χ1n) is 19.2. The Morgan fingerprint density at radius 2 is 0.741 bits per heavy atom. The number of nitrogens with zero attached hydrogens (tertiary/aromatic N) is 3. The van der Waals surface area contributed by atoms with Gasteiger partial charge >= 0.3 is 0 Å². The summed E-state index contributed by atoms with van der Waals surface area (Å²) in [6.07, 6.45) is 0. The van der Waals surface area contributed by atoms with E-state index in [0.717, 1.165) is 94.9 Å². The molecule has 0 radical (unpaired) electrons. The highest BCUT2D eigenvalue weighted by atomic mass is 16.4. The van der Waals surface area contributed by atoms with Crippen LogP contribution in [0.4, 0.5) is 17.1 Å². The van der Waals surface area contributed by atoms with E-state index in [2.05, 4.69) is 114 Å². The first-order valence-corrected chi connectivity index (χ1v) is 19.2. The average Bonchev–Trinajstić information content (AvgIpc) is 4.05. The number of benzene rings is 8. The molecule has 0 atom stereocenters. The monoisotopic (exact) mass is 747 g/mol. The second kappa shape index (κ2) is 14.0. The second-order valence-corrected chi connectivity index (χ2v) is 14.3. The van der Waals surface area contributed by atoms with E-state index in [1.54, 1.807) is 0 Å². The zero-order chi connectivity index (χ0) is 38.4. The number of anilines is 3. The summed E-state index contributed by atoms with van der Waals surface area (Å²) in [6.45, 7) is 0. The standard InChI is InChI=1S/C52H33N3O3/c1-3-9-37(10-4-1)51-53-45-29-21-39(31-49(45)57-51)34-15-23-42(24-16-34)55(44-27-19-36(20-28-44)48-33-41-13-7-8-14-47(41)56-48)43-25-17-35(18-26-43)40-22-30-46-50(32-40)58-52(54-46)38-11-5-2-6-12-38/h1-33H. The first-order chi connectivity index (χ1) is 28.7. The predicted octanol–water partition coefficient (Wildman–Crippen LogP) is 14.5. The van der Waals surface area contributed by atoms with Crippen LogP contribution >= 0.6 is 0 Å². The SMILES string of the molecule is c1ccc(-c2nc3ccc(-c4ccc(N(c5ccc(-c6ccc7nc(-c8ccccc8)oc7c6)cc5)c5ccc(-c6cc7ccccc7o6)cc5)cc4)cc3o2)cc1. The third kappa shape index (κ3) is 6.19. The van der Waals surface area contributed by atoms with Crippen LogP contribution in [-0.4, -0.2) is 9.97 Å². The van der Waals surface area contributed by atoms with Crippen molar-refractivity contribution in [3.05, 3.63) is 200 Å². The molecule has 11 rings (SSSR count). The van der Waals surface area contributed by atoms with Crippen molar-refractivity contribution < 1.29 is 13.3 Å². The second-order valence-electron chi connectivity index (χ2n) is 14.3. The smallest absolute Gasteiger partial charge is 0.227 e. The number of para-hydroxylation sites is 1. The van der Waals surface area contributed by atoms with Crippen LogP contribution in [0.3, 0.4) is 0 Å². The maximum atomic E-state index is 6.20. The number of hydrogen-bond acceptors (Lipinski definition) is 6. The Balaban J connectivity index is 0.930. The van der Waals surface area contributed by atoms with Crippen molar-refractivity contribution in [3.63, 3.8) is 0 Å². The van der Waals surface area contributed by atoms with E-state index in [9.17, 15) is 0 Å². The maximum absolute atomic E-state index is 6.20. The lowest BCUT2D eigenvalue weighted by atomic mass is 10.0. The van der Waals surface area contributed by atoms with Gasteiger partial charge in [-0.3, -0.25) is 0 Å². The summed E-state index contributed by atoms with van der Waals surface area (Å²) in [5.74, 6) is 2.07. The van der Waals surface area contributed by atoms with Gasteiger partial charge in [0, 0.05) is 39.1 Å². The average molecular weight is 748 g/mol. The van der Waals surface area contributed by atoms with Gasteiger partial charge in [0.05, 0.1) is 0 Å². The lowest BCUT2D eigenvalue weighted by Gasteiger charge is -2.26. The van der Waals surface area contributed by atoms with E-state index >= 15 is 0 Å². The van der Waals surface area contributed by atoms with Gasteiger partial charge in [-0.1, -0.05) is 91.0 Å².